The Labute approximate surface area is 197 Å². The number of phenolic OH excluding ortho intramolecular Hbond substituents is 1. The first-order valence-electron chi connectivity index (χ1n) is 11.0. The SMILES string of the molecule is CCCCC(NC(=O)[C@@H](Cc1cnc[nH]1)NC(C)=O)C(=O)N[C@@H](Cc1ccc(O)cc1)C(=O)O. The smallest absolute Gasteiger partial charge is 0.326 e. The van der Waals surface area contributed by atoms with Gasteiger partial charge in [-0.3, -0.25) is 14.4 Å². The molecule has 1 unspecified atom stereocenters. The second kappa shape index (κ2) is 13.0. The first-order chi connectivity index (χ1) is 16.2. The number of nitrogens with zero attached hydrogens (tertiary/aromatic N) is 1. The Morgan fingerprint density at radius 2 is 1.62 bits per heavy atom. The fraction of sp³-hybridized carbons (Fsp3) is 0.435. The van der Waals surface area contributed by atoms with Crippen molar-refractivity contribution in [2.75, 3.05) is 0 Å². The number of imidazole rings is 1. The second-order valence-electron chi connectivity index (χ2n) is 8.01. The van der Waals surface area contributed by atoms with E-state index in [4.69, 9.17) is 0 Å². The standard InChI is InChI=1S/C23H31N5O6/c1-3-4-5-18(27-22(32)19(26-14(2)29)11-16-12-24-13-25-16)21(31)28-20(23(33)34)10-15-6-8-17(30)9-7-15/h6-9,12-13,18-20,30H,3-5,10-11H2,1-2H3,(H,24,25)(H,26,29)(H,27,32)(H,28,31)(H,33,34)/t18?,19-,20+/m1/s1. The van der Waals surface area contributed by atoms with Gasteiger partial charge < -0.3 is 31.1 Å². The van der Waals surface area contributed by atoms with Crippen LogP contribution in [0.2, 0.25) is 0 Å². The van der Waals surface area contributed by atoms with Gasteiger partial charge in [0.05, 0.1) is 6.33 Å². The number of carboxylic acid groups (broad SMARTS) is 1. The van der Waals surface area contributed by atoms with E-state index in [1.807, 2.05) is 6.92 Å². The van der Waals surface area contributed by atoms with Crippen molar-refractivity contribution in [3.8, 4) is 5.75 Å². The quantitative estimate of drug-likeness (QED) is 0.248. The van der Waals surface area contributed by atoms with E-state index in [0.717, 1.165) is 6.42 Å². The maximum Gasteiger partial charge on any atom is 0.326 e. The third-order valence-electron chi connectivity index (χ3n) is 5.14. The number of rotatable bonds is 13. The fourth-order valence-corrected chi connectivity index (χ4v) is 3.36. The van der Waals surface area contributed by atoms with Gasteiger partial charge in [0.2, 0.25) is 17.7 Å². The molecule has 0 saturated carbocycles. The molecule has 34 heavy (non-hydrogen) atoms. The Kier molecular flexibility index (Phi) is 10.1. The van der Waals surface area contributed by atoms with Crippen molar-refractivity contribution >= 4 is 23.7 Å². The van der Waals surface area contributed by atoms with Crippen LogP contribution in [0.1, 0.15) is 44.4 Å². The molecule has 3 atom stereocenters. The number of carboxylic acids is 1. The second-order valence-corrected chi connectivity index (χ2v) is 8.01. The van der Waals surface area contributed by atoms with E-state index in [9.17, 15) is 29.4 Å². The Hall–Kier alpha value is -3.89. The van der Waals surface area contributed by atoms with Crippen LogP contribution in [0.4, 0.5) is 0 Å². The van der Waals surface area contributed by atoms with Crippen molar-refractivity contribution in [2.45, 2.75) is 64.1 Å². The number of aromatic nitrogens is 2. The summed E-state index contributed by atoms with van der Waals surface area (Å²) in [6.45, 7) is 3.22. The number of nitrogens with one attached hydrogen (secondary N) is 4. The average Bonchev–Trinajstić information content (AvgIpc) is 3.29. The third kappa shape index (κ3) is 8.57. The molecule has 1 aromatic carbocycles. The summed E-state index contributed by atoms with van der Waals surface area (Å²) in [6, 6.07) is 2.86. The van der Waals surface area contributed by atoms with Gasteiger partial charge in [0, 0.05) is 31.7 Å². The summed E-state index contributed by atoms with van der Waals surface area (Å²) >= 11 is 0. The minimum Gasteiger partial charge on any atom is -0.508 e. The minimum absolute atomic E-state index is 0.00411. The summed E-state index contributed by atoms with van der Waals surface area (Å²) in [5.41, 5.74) is 1.24. The largest absolute Gasteiger partial charge is 0.508 e. The predicted molar refractivity (Wildman–Crippen MR) is 123 cm³/mol. The molecule has 11 heteroatoms. The Bertz CT molecular complexity index is 961. The normalized spacial score (nSPS) is 13.4. The number of hydrogen-bond donors (Lipinski definition) is 6. The van der Waals surface area contributed by atoms with Gasteiger partial charge in [-0.05, 0) is 24.1 Å². The van der Waals surface area contributed by atoms with Crippen LogP contribution in [0.5, 0.6) is 5.75 Å². The van der Waals surface area contributed by atoms with Gasteiger partial charge in [-0.1, -0.05) is 31.9 Å². The average molecular weight is 474 g/mol. The number of unbranched alkanes of at least 4 members (excludes halogenated alkanes) is 1. The van der Waals surface area contributed by atoms with E-state index in [2.05, 4.69) is 25.9 Å². The molecule has 2 rings (SSSR count). The van der Waals surface area contributed by atoms with Crippen molar-refractivity contribution in [1.82, 2.24) is 25.9 Å². The highest BCUT2D eigenvalue weighted by atomic mass is 16.4. The summed E-state index contributed by atoms with van der Waals surface area (Å²) < 4.78 is 0. The molecular weight excluding hydrogens is 442 g/mol. The maximum atomic E-state index is 13.0. The zero-order chi connectivity index (χ0) is 25.1. The predicted octanol–water partition coefficient (Wildman–Crippen LogP) is 0.650. The van der Waals surface area contributed by atoms with E-state index < -0.39 is 41.8 Å². The van der Waals surface area contributed by atoms with Gasteiger partial charge in [-0.15, -0.1) is 0 Å². The summed E-state index contributed by atoms with van der Waals surface area (Å²) in [6.07, 6.45) is 4.82. The molecule has 0 aliphatic rings. The van der Waals surface area contributed by atoms with Gasteiger partial charge in [-0.25, -0.2) is 9.78 Å². The van der Waals surface area contributed by atoms with E-state index in [0.29, 0.717) is 24.1 Å². The van der Waals surface area contributed by atoms with Gasteiger partial charge in [-0.2, -0.15) is 0 Å². The zero-order valence-electron chi connectivity index (χ0n) is 19.2. The van der Waals surface area contributed by atoms with Crippen molar-refractivity contribution in [3.63, 3.8) is 0 Å². The Morgan fingerprint density at radius 3 is 2.18 bits per heavy atom. The number of hydrogen-bond acceptors (Lipinski definition) is 6. The van der Waals surface area contributed by atoms with Crippen LogP contribution in [0.3, 0.4) is 0 Å². The highest BCUT2D eigenvalue weighted by molar-refractivity contribution is 5.93. The summed E-state index contributed by atoms with van der Waals surface area (Å²) in [4.78, 5) is 56.1. The highest BCUT2D eigenvalue weighted by Gasteiger charge is 2.29. The van der Waals surface area contributed by atoms with E-state index in [1.54, 1.807) is 12.1 Å². The molecule has 1 heterocycles. The highest BCUT2D eigenvalue weighted by Crippen LogP contribution is 2.12. The first-order valence-corrected chi connectivity index (χ1v) is 11.0. The Morgan fingerprint density at radius 1 is 0.971 bits per heavy atom. The molecule has 6 N–H and O–H groups in total. The number of benzene rings is 1. The van der Waals surface area contributed by atoms with Crippen molar-refractivity contribution < 1.29 is 29.4 Å². The molecule has 0 radical (unpaired) electrons. The molecule has 0 fully saturated rings. The lowest BCUT2D eigenvalue weighted by molar-refractivity contribution is -0.142. The number of H-pyrrole nitrogens is 1. The molecule has 0 spiro atoms. The lowest BCUT2D eigenvalue weighted by atomic mass is 10.0. The topological polar surface area (TPSA) is 174 Å². The van der Waals surface area contributed by atoms with Crippen LogP contribution in [0.25, 0.3) is 0 Å². The molecule has 11 nitrogen and oxygen atoms in total. The fourth-order valence-electron chi connectivity index (χ4n) is 3.36. The van der Waals surface area contributed by atoms with Crippen LogP contribution in [-0.2, 0) is 32.0 Å². The molecule has 2 aromatic rings. The van der Waals surface area contributed by atoms with Crippen LogP contribution in [0.15, 0.2) is 36.8 Å². The minimum atomic E-state index is -1.23. The van der Waals surface area contributed by atoms with Gasteiger partial charge in [0.15, 0.2) is 0 Å². The molecule has 184 valence electrons. The summed E-state index contributed by atoms with van der Waals surface area (Å²) in [5.74, 6) is -2.78. The summed E-state index contributed by atoms with van der Waals surface area (Å²) in [7, 11) is 0. The molecule has 0 saturated heterocycles. The van der Waals surface area contributed by atoms with Crippen molar-refractivity contribution in [2.24, 2.45) is 0 Å². The number of carbonyl (C=O) groups excluding carboxylic acids is 3. The molecule has 0 aliphatic carbocycles. The van der Waals surface area contributed by atoms with Crippen molar-refractivity contribution in [3.05, 3.63) is 48.0 Å². The number of phenols is 1. The van der Waals surface area contributed by atoms with E-state index in [1.165, 1.54) is 31.6 Å². The van der Waals surface area contributed by atoms with Gasteiger partial charge >= 0.3 is 5.97 Å². The van der Waals surface area contributed by atoms with Crippen LogP contribution >= 0.6 is 0 Å². The maximum absolute atomic E-state index is 13.0. The number of amides is 3. The lowest BCUT2D eigenvalue weighted by Gasteiger charge is -2.24. The lowest BCUT2D eigenvalue weighted by Crippen LogP contribution is -2.56. The molecule has 1 aromatic heterocycles. The number of aliphatic carboxylic acids is 1. The zero-order valence-corrected chi connectivity index (χ0v) is 19.2. The number of aromatic amines is 1. The Balaban J connectivity index is 2.11. The van der Waals surface area contributed by atoms with Crippen LogP contribution in [-0.4, -0.2) is 62.0 Å². The first kappa shape index (κ1) is 26.4. The number of carbonyl (C=O) groups is 4. The van der Waals surface area contributed by atoms with Crippen molar-refractivity contribution in [1.29, 1.82) is 0 Å². The molecule has 0 aliphatic heterocycles. The molecule has 0 bridgehead atoms. The monoisotopic (exact) mass is 473 g/mol. The van der Waals surface area contributed by atoms with Crippen LogP contribution < -0.4 is 16.0 Å². The van der Waals surface area contributed by atoms with Gasteiger partial charge in [0.25, 0.3) is 0 Å². The van der Waals surface area contributed by atoms with E-state index >= 15 is 0 Å². The molecule has 3 amide bonds. The third-order valence-corrected chi connectivity index (χ3v) is 5.14. The summed E-state index contributed by atoms with van der Waals surface area (Å²) in [5, 5.41) is 26.7. The van der Waals surface area contributed by atoms with Gasteiger partial charge in [0.1, 0.15) is 23.9 Å². The number of aromatic hydroxyl groups is 1. The van der Waals surface area contributed by atoms with Crippen LogP contribution in [0, 0.1) is 0 Å². The van der Waals surface area contributed by atoms with E-state index in [-0.39, 0.29) is 18.6 Å². The molecular formula is C23H31N5O6.